The third-order valence-corrected chi connectivity index (χ3v) is 5.71. The van der Waals surface area contributed by atoms with Gasteiger partial charge in [0, 0.05) is 11.6 Å². The molecule has 0 bridgehead atoms. The molecular formula is C26H31NO3. The number of benzene rings is 2. The number of rotatable bonds is 5. The smallest absolute Gasteiger partial charge is 0.294 e. The lowest BCUT2D eigenvalue weighted by molar-refractivity contribution is -0.119. The van der Waals surface area contributed by atoms with Gasteiger partial charge in [0.2, 0.25) is 0 Å². The molecule has 0 saturated carbocycles. The second-order valence-electron chi connectivity index (χ2n) is 9.25. The first-order chi connectivity index (χ1) is 14.1. The van der Waals surface area contributed by atoms with E-state index in [1.807, 2.05) is 48.5 Å². The van der Waals surface area contributed by atoms with Gasteiger partial charge in [-0.15, -0.1) is 0 Å². The average Bonchev–Trinajstić information content (AvgIpc) is 2.97. The number of aliphatic hydroxyl groups excluding tert-OH is 1. The molecule has 0 radical (unpaired) electrons. The van der Waals surface area contributed by atoms with Crippen LogP contribution in [0, 0.1) is 5.92 Å². The molecule has 1 aliphatic heterocycles. The highest BCUT2D eigenvalue weighted by atomic mass is 16.3. The lowest BCUT2D eigenvalue weighted by Crippen LogP contribution is -2.31. The van der Waals surface area contributed by atoms with Crippen molar-refractivity contribution in [2.24, 2.45) is 5.92 Å². The lowest BCUT2D eigenvalue weighted by Gasteiger charge is -2.28. The van der Waals surface area contributed by atoms with E-state index in [0.29, 0.717) is 5.69 Å². The third-order valence-electron chi connectivity index (χ3n) is 5.71. The first kappa shape index (κ1) is 21.8. The van der Waals surface area contributed by atoms with Crippen LogP contribution in [0.15, 0.2) is 59.9 Å². The number of carbonyl (C=O) groups excluding carboxylic acids is 2. The molecule has 2 aromatic carbocycles. The Morgan fingerprint density at radius 2 is 1.60 bits per heavy atom. The maximum atomic E-state index is 13.1. The van der Waals surface area contributed by atoms with E-state index >= 15 is 0 Å². The van der Waals surface area contributed by atoms with Gasteiger partial charge in [-0.3, -0.25) is 14.5 Å². The van der Waals surface area contributed by atoms with Gasteiger partial charge in [-0.25, -0.2) is 0 Å². The van der Waals surface area contributed by atoms with E-state index in [2.05, 4.69) is 27.7 Å². The topological polar surface area (TPSA) is 57.6 Å². The van der Waals surface area contributed by atoms with Crippen molar-refractivity contribution in [2.75, 3.05) is 4.90 Å². The molecule has 1 aliphatic rings. The molecule has 1 N–H and O–H groups in total. The van der Waals surface area contributed by atoms with Crippen LogP contribution in [0.2, 0.25) is 0 Å². The van der Waals surface area contributed by atoms with Gasteiger partial charge in [-0.1, -0.05) is 77.9 Å². The molecule has 1 unspecified atom stereocenters. The van der Waals surface area contributed by atoms with E-state index in [1.54, 1.807) is 18.7 Å². The van der Waals surface area contributed by atoms with Gasteiger partial charge in [0.05, 0.1) is 11.6 Å². The fourth-order valence-electron chi connectivity index (χ4n) is 3.81. The van der Waals surface area contributed by atoms with Gasteiger partial charge in [-0.05, 0) is 40.7 Å². The Hall–Kier alpha value is -2.88. The number of amides is 1. The minimum absolute atomic E-state index is 0.0118. The van der Waals surface area contributed by atoms with Crippen LogP contribution >= 0.6 is 0 Å². The first-order valence-electron chi connectivity index (χ1n) is 10.6. The third kappa shape index (κ3) is 3.91. The average molecular weight is 406 g/mol. The maximum absolute atomic E-state index is 13.1. The fourth-order valence-corrected chi connectivity index (χ4v) is 3.81. The van der Waals surface area contributed by atoms with Crippen molar-refractivity contribution in [3.63, 3.8) is 0 Å². The van der Waals surface area contributed by atoms with Crippen LogP contribution in [-0.2, 0) is 21.4 Å². The lowest BCUT2D eigenvalue weighted by atomic mass is 9.87. The van der Waals surface area contributed by atoms with Crippen molar-refractivity contribution < 1.29 is 14.7 Å². The van der Waals surface area contributed by atoms with Crippen LogP contribution in [0.5, 0.6) is 0 Å². The molecule has 1 heterocycles. The SMILES string of the molecule is CCc1ccc(C2C(C(=O)C(C)C)=C(O)C(=O)N2c2ccc(C(C)(C)C)cc2)cc1. The van der Waals surface area contributed by atoms with Crippen molar-refractivity contribution in [3.8, 4) is 0 Å². The second-order valence-corrected chi connectivity index (χ2v) is 9.25. The molecule has 4 heteroatoms. The van der Waals surface area contributed by atoms with Crippen molar-refractivity contribution in [2.45, 2.75) is 59.4 Å². The van der Waals surface area contributed by atoms with E-state index in [1.165, 1.54) is 5.56 Å². The summed E-state index contributed by atoms with van der Waals surface area (Å²) in [5.74, 6) is -1.51. The molecule has 0 spiro atoms. The molecule has 30 heavy (non-hydrogen) atoms. The molecule has 0 aromatic heterocycles. The van der Waals surface area contributed by atoms with Crippen LogP contribution in [0.25, 0.3) is 0 Å². The zero-order valence-corrected chi connectivity index (χ0v) is 18.7. The van der Waals surface area contributed by atoms with E-state index in [-0.39, 0.29) is 22.7 Å². The highest BCUT2D eigenvalue weighted by Crippen LogP contribution is 2.42. The Bertz CT molecular complexity index is 976. The Kier molecular flexibility index (Phi) is 5.89. The molecule has 158 valence electrons. The highest BCUT2D eigenvalue weighted by Gasteiger charge is 2.44. The predicted octanol–water partition coefficient (Wildman–Crippen LogP) is 5.67. The Balaban J connectivity index is 2.13. The van der Waals surface area contributed by atoms with Crippen molar-refractivity contribution >= 4 is 17.4 Å². The van der Waals surface area contributed by atoms with Gasteiger partial charge in [0.1, 0.15) is 0 Å². The highest BCUT2D eigenvalue weighted by molar-refractivity contribution is 6.16. The summed E-state index contributed by atoms with van der Waals surface area (Å²) in [6.45, 7) is 12.0. The van der Waals surface area contributed by atoms with E-state index in [0.717, 1.165) is 17.5 Å². The number of anilines is 1. The summed E-state index contributed by atoms with van der Waals surface area (Å²) in [6.07, 6.45) is 0.903. The van der Waals surface area contributed by atoms with Crippen LogP contribution in [-0.4, -0.2) is 16.8 Å². The molecule has 1 atom stereocenters. The zero-order valence-electron chi connectivity index (χ0n) is 18.7. The number of hydrogen-bond acceptors (Lipinski definition) is 3. The molecule has 0 fully saturated rings. The zero-order chi connectivity index (χ0) is 22.2. The Morgan fingerprint density at radius 1 is 1.03 bits per heavy atom. The molecule has 2 aromatic rings. The van der Waals surface area contributed by atoms with Crippen molar-refractivity contribution in [1.82, 2.24) is 0 Å². The number of nitrogens with zero attached hydrogens (tertiary/aromatic N) is 1. The standard InChI is InChI=1S/C26H31NO3/c1-7-17-8-10-18(11-9-17)22-21(23(28)16(2)3)24(29)25(30)27(22)20-14-12-19(13-15-20)26(4,5)6/h8-16,22,29H,7H2,1-6H3. The summed E-state index contributed by atoms with van der Waals surface area (Å²) in [4.78, 5) is 27.6. The number of hydrogen-bond donors (Lipinski definition) is 1. The maximum Gasteiger partial charge on any atom is 0.294 e. The quantitative estimate of drug-likeness (QED) is 0.697. The molecule has 0 saturated heterocycles. The number of carbonyl (C=O) groups is 2. The monoisotopic (exact) mass is 405 g/mol. The number of aliphatic hydroxyl groups is 1. The molecule has 1 amide bonds. The summed E-state index contributed by atoms with van der Waals surface area (Å²) in [6, 6.07) is 15.0. The van der Waals surface area contributed by atoms with Crippen molar-refractivity contribution in [3.05, 3.63) is 76.6 Å². The van der Waals surface area contributed by atoms with Crippen LogP contribution in [0.3, 0.4) is 0 Å². The predicted molar refractivity (Wildman–Crippen MR) is 121 cm³/mol. The number of Topliss-reactive ketones (excluding diaryl/α,β-unsaturated/α-hetero) is 1. The Morgan fingerprint density at radius 3 is 2.07 bits per heavy atom. The summed E-state index contributed by atoms with van der Waals surface area (Å²) < 4.78 is 0. The summed E-state index contributed by atoms with van der Waals surface area (Å²) in [5, 5.41) is 10.7. The minimum atomic E-state index is -0.640. The summed E-state index contributed by atoms with van der Waals surface area (Å²) in [7, 11) is 0. The van der Waals surface area contributed by atoms with E-state index in [9.17, 15) is 14.7 Å². The first-order valence-corrected chi connectivity index (χ1v) is 10.6. The van der Waals surface area contributed by atoms with E-state index in [4.69, 9.17) is 0 Å². The second kappa shape index (κ2) is 8.10. The van der Waals surface area contributed by atoms with Gasteiger partial charge in [0.25, 0.3) is 5.91 Å². The molecule has 4 nitrogen and oxygen atoms in total. The normalized spacial score (nSPS) is 17.2. The van der Waals surface area contributed by atoms with Gasteiger partial charge in [-0.2, -0.15) is 0 Å². The van der Waals surface area contributed by atoms with E-state index < -0.39 is 17.7 Å². The molecule has 3 rings (SSSR count). The summed E-state index contributed by atoms with van der Waals surface area (Å²) >= 11 is 0. The molecular weight excluding hydrogens is 374 g/mol. The Labute approximate surface area is 179 Å². The van der Waals surface area contributed by atoms with Gasteiger partial charge >= 0.3 is 0 Å². The van der Waals surface area contributed by atoms with Crippen LogP contribution in [0.4, 0.5) is 5.69 Å². The van der Waals surface area contributed by atoms with Gasteiger partial charge < -0.3 is 5.11 Å². The largest absolute Gasteiger partial charge is 0.503 e. The van der Waals surface area contributed by atoms with Gasteiger partial charge in [0.15, 0.2) is 11.5 Å². The van der Waals surface area contributed by atoms with Crippen LogP contribution in [0.1, 0.15) is 64.3 Å². The number of ketones is 1. The molecule has 0 aliphatic carbocycles. The minimum Gasteiger partial charge on any atom is -0.503 e. The number of aryl methyl sites for hydroxylation is 1. The van der Waals surface area contributed by atoms with Crippen LogP contribution < -0.4 is 4.90 Å². The summed E-state index contributed by atoms with van der Waals surface area (Å²) in [5.41, 5.74) is 3.97. The van der Waals surface area contributed by atoms with Crippen molar-refractivity contribution in [1.29, 1.82) is 0 Å². The fraction of sp³-hybridized carbons (Fsp3) is 0.385.